The van der Waals surface area contributed by atoms with Crippen molar-refractivity contribution < 1.29 is 0 Å². The van der Waals surface area contributed by atoms with Crippen LogP contribution in [-0.4, -0.2) is 4.32 Å². The van der Waals surface area contributed by atoms with Crippen molar-refractivity contribution in [3.8, 4) is 0 Å². The predicted molar refractivity (Wildman–Crippen MR) is 56.0 cm³/mol. The van der Waals surface area contributed by atoms with Gasteiger partial charge < -0.3 is 0 Å². The zero-order chi connectivity index (χ0) is 9.12. The molecule has 0 aliphatic heterocycles. The molecular weight excluding hydrogens is 200 g/mol. The Balaban J connectivity index is 4.26. The summed E-state index contributed by atoms with van der Waals surface area (Å²) in [5.74, 6) is 0. The van der Waals surface area contributed by atoms with E-state index >= 15 is 0 Å². The summed E-state index contributed by atoms with van der Waals surface area (Å²) >= 11 is 3.74. The number of halogens is 1. The summed E-state index contributed by atoms with van der Waals surface area (Å²) in [6, 6.07) is 0. The maximum Gasteiger partial charge on any atom is 0.0280 e. The minimum absolute atomic E-state index is 0.190. The van der Waals surface area contributed by atoms with E-state index in [1.807, 2.05) is 0 Å². The lowest BCUT2D eigenvalue weighted by atomic mass is 9.75. The van der Waals surface area contributed by atoms with E-state index in [0.29, 0.717) is 5.41 Å². The van der Waals surface area contributed by atoms with Crippen molar-refractivity contribution in [1.29, 1.82) is 0 Å². The second-order valence-electron chi connectivity index (χ2n) is 4.08. The molecule has 0 aromatic carbocycles. The van der Waals surface area contributed by atoms with Gasteiger partial charge in [0.15, 0.2) is 0 Å². The molecule has 1 unspecified atom stereocenters. The molecule has 0 saturated heterocycles. The quantitative estimate of drug-likeness (QED) is 0.623. The average molecular weight is 220 g/mol. The van der Waals surface area contributed by atoms with Gasteiger partial charge in [-0.2, -0.15) is 0 Å². The summed E-state index contributed by atoms with van der Waals surface area (Å²) in [6.07, 6.45) is 3.44. The lowest BCUT2D eigenvalue weighted by Gasteiger charge is -2.39. The van der Waals surface area contributed by atoms with Gasteiger partial charge in [-0.15, -0.1) is 0 Å². The van der Waals surface area contributed by atoms with E-state index in [1.54, 1.807) is 0 Å². The van der Waals surface area contributed by atoms with Gasteiger partial charge in [0, 0.05) is 4.32 Å². The van der Waals surface area contributed by atoms with Gasteiger partial charge in [-0.1, -0.05) is 50.0 Å². The van der Waals surface area contributed by atoms with E-state index in [9.17, 15) is 0 Å². The Morgan fingerprint density at radius 2 is 1.73 bits per heavy atom. The van der Waals surface area contributed by atoms with Crippen molar-refractivity contribution in [3.63, 3.8) is 0 Å². The van der Waals surface area contributed by atoms with E-state index in [2.05, 4.69) is 50.5 Å². The molecule has 1 radical (unpaired) electrons. The molecule has 0 aromatic rings. The van der Waals surface area contributed by atoms with Crippen molar-refractivity contribution in [3.05, 3.63) is 6.92 Å². The molecule has 0 fully saturated rings. The van der Waals surface area contributed by atoms with Crippen molar-refractivity contribution in [1.82, 2.24) is 0 Å². The molecule has 67 valence electrons. The first-order valence-electron chi connectivity index (χ1n) is 4.35. The molecule has 0 spiro atoms. The smallest absolute Gasteiger partial charge is 0.0280 e. The summed E-state index contributed by atoms with van der Waals surface area (Å²) in [6.45, 7) is 13.0. The molecule has 11 heavy (non-hydrogen) atoms. The molecule has 0 aliphatic rings. The normalized spacial score (nSPS) is 18.0. The average Bonchev–Trinajstić information content (AvgIpc) is 1.87. The number of rotatable bonds is 4. The fourth-order valence-electron chi connectivity index (χ4n) is 1.22. The van der Waals surface area contributed by atoms with Crippen LogP contribution in [0.2, 0.25) is 0 Å². The molecular formula is C10H20Br. The Morgan fingerprint density at radius 1 is 1.27 bits per heavy atom. The minimum atomic E-state index is 0.190. The Morgan fingerprint density at radius 3 is 2.00 bits per heavy atom. The van der Waals surface area contributed by atoms with Crippen molar-refractivity contribution in [2.45, 2.75) is 51.3 Å². The fourth-order valence-corrected chi connectivity index (χ4v) is 1.42. The Kier molecular flexibility index (Phi) is 4.10. The van der Waals surface area contributed by atoms with E-state index in [1.165, 1.54) is 12.8 Å². The number of hydrogen-bond acceptors (Lipinski definition) is 0. The molecule has 0 aliphatic carbocycles. The van der Waals surface area contributed by atoms with Crippen molar-refractivity contribution >= 4 is 15.9 Å². The van der Waals surface area contributed by atoms with Gasteiger partial charge in [-0.05, 0) is 25.2 Å². The van der Waals surface area contributed by atoms with Crippen molar-refractivity contribution in [2.75, 3.05) is 0 Å². The van der Waals surface area contributed by atoms with Crippen molar-refractivity contribution in [2.24, 2.45) is 5.41 Å². The van der Waals surface area contributed by atoms with E-state index < -0.39 is 0 Å². The molecule has 0 nitrogen and oxygen atoms in total. The Bertz CT molecular complexity index is 114. The lowest BCUT2D eigenvalue weighted by Crippen LogP contribution is -2.35. The van der Waals surface area contributed by atoms with Crippen LogP contribution in [0.25, 0.3) is 0 Å². The highest BCUT2D eigenvalue weighted by molar-refractivity contribution is 9.10. The summed E-state index contributed by atoms with van der Waals surface area (Å²) in [5, 5.41) is 0. The molecule has 0 amide bonds. The molecule has 1 heteroatoms. The van der Waals surface area contributed by atoms with Gasteiger partial charge in [0.2, 0.25) is 0 Å². The lowest BCUT2D eigenvalue weighted by molar-refractivity contribution is 0.249. The molecule has 0 N–H and O–H groups in total. The first-order valence-corrected chi connectivity index (χ1v) is 5.15. The minimum Gasteiger partial charge on any atom is -0.0851 e. The SMILES string of the molecule is [CH2]CC(C)(Br)C(C)(C)CCC. The van der Waals surface area contributed by atoms with Gasteiger partial charge in [-0.3, -0.25) is 0 Å². The van der Waals surface area contributed by atoms with Crippen LogP contribution in [0.3, 0.4) is 0 Å². The maximum absolute atomic E-state index is 3.96. The molecule has 0 heterocycles. The third kappa shape index (κ3) is 2.77. The monoisotopic (exact) mass is 219 g/mol. The first kappa shape index (κ1) is 11.5. The maximum atomic E-state index is 3.96. The van der Waals surface area contributed by atoms with Gasteiger partial charge in [0.25, 0.3) is 0 Å². The largest absolute Gasteiger partial charge is 0.0851 e. The zero-order valence-corrected chi connectivity index (χ0v) is 9.79. The van der Waals surface area contributed by atoms with Crippen LogP contribution in [0, 0.1) is 12.3 Å². The third-order valence-electron chi connectivity index (χ3n) is 2.76. The van der Waals surface area contributed by atoms with Crippen LogP contribution in [-0.2, 0) is 0 Å². The summed E-state index contributed by atoms with van der Waals surface area (Å²) in [7, 11) is 0. The van der Waals surface area contributed by atoms with E-state index in [-0.39, 0.29) is 4.32 Å². The van der Waals surface area contributed by atoms with Crippen LogP contribution < -0.4 is 0 Å². The molecule has 0 saturated carbocycles. The van der Waals surface area contributed by atoms with Gasteiger partial charge >= 0.3 is 0 Å². The van der Waals surface area contributed by atoms with Gasteiger partial charge in [0.1, 0.15) is 0 Å². The third-order valence-corrected chi connectivity index (χ3v) is 4.23. The van der Waals surface area contributed by atoms with E-state index in [0.717, 1.165) is 6.42 Å². The molecule has 1 atom stereocenters. The first-order chi connectivity index (χ1) is 4.87. The standard InChI is InChI=1S/C10H20Br/c1-6-8-9(3,4)10(5,11)7-2/h2,6-8H2,1,3-5H3. The highest BCUT2D eigenvalue weighted by atomic mass is 79.9. The molecule has 0 rings (SSSR count). The highest BCUT2D eigenvalue weighted by Gasteiger charge is 2.36. The molecule has 0 bridgehead atoms. The van der Waals surface area contributed by atoms with Crippen LogP contribution in [0.5, 0.6) is 0 Å². The number of alkyl halides is 1. The van der Waals surface area contributed by atoms with E-state index in [4.69, 9.17) is 0 Å². The summed E-state index contributed by atoms with van der Waals surface area (Å²) in [5.41, 5.74) is 0.351. The van der Waals surface area contributed by atoms with Crippen LogP contribution in [0.15, 0.2) is 0 Å². The van der Waals surface area contributed by atoms with Crippen LogP contribution in [0.4, 0.5) is 0 Å². The highest BCUT2D eigenvalue weighted by Crippen LogP contribution is 2.43. The summed E-state index contributed by atoms with van der Waals surface area (Å²) in [4.78, 5) is 0. The number of hydrogen-bond donors (Lipinski definition) is 0. The molecule has 0 aromatic heterocycles. The summed E-state index contributed by atoms with van der Waals surface area (Å²) < 4.78 is 0.190. The van der Waals surface area contributed by atoms with Gasteiger partial charge in [0.05, 0.1) is 0 Å². The second kappa shape index (κ2) is 3.93. The Labute approximate surface area is 79.9 Å². The van der Waals surface area contributed by atoms with Gasteiger partial charge in [-0.25, -0.2) is 0 Å². The Hall–Kier alpha value is 0.480. The van der Waals surface area contributed by atoms with Crippen LogP contribution >= 0.6 is 15.9 Å². The fraction of sp³-hybridized carbons (Fsp3) is 0.900. The topological polar surface area (TPSA) is 0 Å². The van der Waals surface area contributed by atoms with Crippen LogP contribution in [0.1, 0.15) is 47.0 Å². The second-order valence-corrected chi connectivity index (χ2v) is 5.83. The predicted octanol–water partition coefficient (Wildman–Crippen LogP) is 4.19. The zero-order valence-electron chi connectivity index (χ0n) is 8.21.